The Morgan fingerprint density at radius 3 is 2.67 bits per heavy atom. The Hall–Kier alpha value is -1.36. The van der Waals surface area contributed by atoms with E-state index in [1.807, 2.05) is 18.3 Å². The average Bonchev–Trinajstić information content (AvgIpc) is 2.43. The lowest BCUT2D eigenvalue weighted by Gasteiger charge is -2.15. The molecule has 0 amide bonds. The van der Waals surface area contributed by atoms with Crippen LogP contribution in [0.2, 0.25) is 0 Å². The topological polar surface area (TPSA) is 50.9 Å². The molecule has 0 fully saturated rings. The summed E-state index contributed by atoms with van der Waals surface area (Å²) in [6, 6.07) is 12.6. The van der Waals surface area contributed by atoms with Gasteiger partial charge in [-0.2, -0.15) is 0 Å². The predicted molar refractivity (Wildman–Crippen MR) is 76.2 cm³/mol. The van der Waals surface area contributed by atoms with Crippen LogP contribution in [0.5, 0.6) is 0 Å². The molecule has 2 aromatic rings. The number of hydrogen-bond donors (Lipinski definition) is 2. The largest absolute Gasteiger partial charge is 0.271 e. The van der Waals surface area contributed by atoms with Gasteiger partial charge in [0.05, 0.1) is 6.04 Å². The molecule has 4 heteroatoms. The van der Waals surface area contributed by atoms with Crippen molar-refractivity contribution in [3.05, 3.63) is 59.9 Å². The number of rotatable bonds is 5. The highest BCUT2D eigenvalue weighted by Gasteiger charge is 2.09. The van der Waals surface area contributed by atoms with Gasteiger partial charge in [-0.15, -0.1) is 11.8 Å². The van der Waals surface area contributed by atoms with Crippen LogP contribution in [0.4, 0.5) is 0 Å². The van der Waals surface area contributed by atoms with Gasteiger partial charge in [0, 0.05) is 23.0 Å². The van der Waals surface area contributed by atoms with Gasteiger partial charge >= 0.3 is 0 Å². The van der Waals surface area contributed by atoms with Crippen molar-refractivity contribution in [1.29, 1.82) is 0 Å². The molecule has 1 unspecified atom stereocenters. The van der Waals surface area contributed by atoms with E-state index >= 15 is 0 Å². The fourth-order valence-electron chi connectivity index (χ4n) is 1.64. The van der Waals surface area contributed by atoms with Crippen LogP contribution in [0, 0.1) is 6.92 Å². The Morgan fingerprint density at radius 2 is 2.06 bits per heavy atom. The maximum atomic E-state index is 5.60. The highest BCUT2D eigenvalue weighted by molar-refractivity contribution is 7.99. The molecule has 0 saturated carbocycles. The van der Waals surface area contributed by atoms with Gasteiger partial charge in [0.25, 0.3) is 0 Å². The van der Waals surface area contributed by atoms with E-state index in [2.05, 4.69) is 41.6 Å². The minimum absolute atomic E-state index is 0.116. The molecular formula is C14H17N3S. The predicted octanol–water partition coefficient (Wildman–Crippen LogP) is 2.69. The molecule has 1 heterocycles. The van der Waals surface area contributed by atoms with Crippen molar-refractivity contribution in [1.82, 2.24) is 10.4 Å². The highest BCUT2D eigenvalue weighted by Crippen LogP contribution is 2.24. The molecule has 0 aliphatic carbocycles. The van der Waals surface area contributed by atoms with E-state index in [9.17, 15) is 0 Å². The summed E-state index contributed by atoms with van der Waals surface area (Å²) in [5.41, 5.74) is 5.23. The van der Waals surface area contributed by atoms with Crippen molar-refractivity contribution in [3.63, 3.8) is 0 Å². The average molecular weight is 259 g/mol. The van der Waals surface area contributed by atoms with E-state index in [-0.39, 0.29) is 6.04 Å². The summed E-state index contributed by atoms with van der Waals surface area (Å²) < 4.78 is 0. The first kappa shape index (κ1) is 13.1. The Morgan fingerprint density at radius 1 is 1.28 bits per heavy atom. The van der Waals surface area contributed by atoms with Crippen molar-refractivity contribution in [3.8, 4) is 0 Å². The summed E-state index contributed by atoms with van der Waals surface area (Å²) in [7, 11) is 0. The second-order valence-electron chi connectivity index (χ2n) is 4.13. The molecule has 18 heavy (non-hydrogen) atoms. The Balaban J connectivity index is 1.97. The number of hydrazine groups is 1. The number of hydrogen-bond acceptors (Lipinski definition) is 4. The van der Waals surface area contributed by atoms with Gasteiger partial charge < -0.3 is 0 Å². The first-order chi connectivity index (χ1) is 8.79. The van der Waals surface area contributed by atoms with E-state index in [0.29, 0.717) is 0 Å². The van der Waals surface area contributed by atoms with Gasteiger partial charge in [-0.1, -0.05) is 23.8 Å². The zero-order chi connectivity index (χ0) is 12.8. The molecule has 1 aromatic heterocycles. The van der Waals surface area contributed by atoms with Crippen molar-refractivity contribution in [2.45, 2.75) is 17.9 Å². The SMILES string of the molecule is Cc1ccc(SCC(NN)c2cccnc2)cc1. The number of thioether (sulfide) groups is 1. The van der Waals surface area contributed by atoms with E-state index in [1.54, 1.807) is 18.0 Å². The molecule has 3 nitrogen and oxygen atoms in total. The summed E-state index contributed by atoms with van der Waals surface area (Å²) in [6.45, 7) is 2.09. The fourth-order valence-corrected chi connectivity index (χ4v) is 2.61. The third-order valence-electron chi connectivity index (χ3n) is 2.73. The molecule has 1 aromatic carbocycles. The second-order valence-corrected chi connectivity index (χ2v) is 5.22. The number of benzene rings is 1. The standard InChI is InChI=1S/C14H17N3S/c1-11-4-6-13(7-5-11)18-10-14(17-15)12-3-2-8-16-9-12/h2-9,14,17H,10,15H2,1H3. The molecule has 94 valence electrons. The number of aromatic nitrogens is 1. The van der Waals surface area contributed by atoms with Crippen molar-refractivity contribution in [2.75, 3.05) is 5.75 Å². The van der Waals surface area contributed by atoms with Crippen LogP contribution in [-0.2, 0) is 0 Å². The lowest BCUT2D eigenvalue weighted by Crippen LogP contribution is -2.29. The fraction of sp³-hybridized carbons (Fsp3) is 0.214. The smallest absolute Gasteiger partial charge is 0.0569 e. The van der Waals surface area contributed by atoms with E-state index < -0.39 is 0 Å². The first-order valence-electron chi connectivity index (χ1n) is 5.85. The van der Waals surface area contributed by atoms with Gasteiger partial charge in [-0.25, -0.2) is 0 Å². The maximum absolute atomic E-state index is 5.60. The zero-order valence-corrected chi connectivity index (χ0v) is 11.2. The van der Waals surface area contributed by atoms with Crippen LogP contribution < -0.4 is 11.3 Å². The summed E-state index contributed by atoms with van der Waals surface area (Å²) in [5.74, 6) is 6.48. The number of nitrogens with two attached hydrogens (primary N) is 1. The van der Waals surface area contributed by atoms with Crippen LogP contribution >= 0.6 is 11.8 Å². The van der Waals surface area contributed by atoms with Gasteiger partial charge in [-0.05, 0) is 30.7 Å². The molecule has 0 saturated heterocycles. The Kier molecular flexibility index (Phi) is 4.75. The number of aryl methyl sites for hydroxylation is 1. The third kappa shape index (κ3) is 3.57. The van der Waals surface area contributed by atoms with E-state index in [1.165, 1.54) is 10.5 Å². The molecular weight excluding hydrogens is 242 g/mol. The molecule has 0 radical (unpaired) electrons. The van der Waals surface area contributed by atoms with Crippen LogP contribution in [0.3, 0.4) is 0 Å². The molecule has 0 bridgehead atoms. The van der Waals surface area contributed by atoms with Gasteiger partial charge in [-0.3, -0.25) is 16.3 Å². The number of pyridine rings is 1. The monoisotopic (exact) mass is 259 g/mol. The first-order valence-corrected chi connectivity index (χ1v) is 6.83. The minimum atomic E-state index is 0.116. The van der Waals surface area contributed by atoms with E-state index in [0.717, 1.165) is 11.3 Å². The lowest BCUT2D eigenvalue weighted by atomic mass is 10.1. The molecule has 0 aliphatic heterocycles. The highest BCUT2D eigenvalue weighted by atomic mass is 32.2. The maximum Gasteiger partial charge on any atom is 0.0569 e. The van der Waals surface area contributed by atoms with Gasteiger partial charge in [0.15, 0.2) is 0 Å². The van der Waals surface area contributed by atoms with Gasteiger partial charge in [0.1, 0.15) is 0 Å². The van der Waals surface area contributed by atoms with Crippen molar-refractivity contribution in [2.24, 2.45) is 5.84 Å². The molecule has 3 N–H and O–H groups in total. The van der Waals surface area contributed by atoms with Gasteiger partial charge in [0.2, 0.25) is 0 Å². The summed E-state index contributed by atoms with van der Waals surface area (Å²) >= 11 is 1.79. The van der Waals surface area contributed by atoms with Crippen LogP contribution in [-0.4, -0.2) is 10.7 Å². The van der Waals surface area contributed by atoms with Crippen LogP contribution in [0.1, 0.15) is 17.2 Å². The molecule has 0 spiro atoms. The zero-order valence-electron chi connectivity index (χ0n) is 10.3. The summed E-state index contributed by atoms with van der Waals surface area (Å²) in [4.78, 5) is 5.37. The molecule has 1 atom stereocenters. The van der Waals surface area contributed by atoms with Crippen molar-refractivity contribution < 1.29 is 0 Å². The lowest BCUT2D eigenvalue weighted by molar-refractivity contribution is 0.608. The number of nitrogens with zero attached hydrogens (tertiary/aromatic N) is 1. The second kappa shape index (κ2) is 6.54. The Bertz CT molecular complexity index is 470. The molecule has 2 rings (SSSR count). The minimum Gasteiger partial charge on any atom is -0.271 e. The quantitative estimate of drug-likeness (QED) is 0.492. The van der Waals surface area contributed by atoms with Crippen LogP contribution in [0.25, 0.3) is 0 Å². The van der Waals surface area contributed by atoms with Crippen molar-refractivity contribution >= 4 is 11.8 Å². The van der Waals surface area contributed by atoms with Crippen LogP contribution in [0.15, 0.2) is 53.7 Å². The Labute approximate surface area is 112 Å². The number of nitrogens with one attached hydrogen (secondary N) is 1. The normalized spacial score (nSPS) is 12.3. The van der Waals surface area contributed by atoms with E-state index in [4.69, 9.17) is 5.84 Å². The summed E-state index contributed by atoms with van der Waals surface area (Å²) in [5, 5.41) is 0. The molecule has 0 aliphatic rings. The summed E-state index contributed by atoms with van der Waals surface area (Å²) in [6.07, 6.45) is 3.62. The third-order valence-corrected chi connectivity index (χ3v) is 3.83.